The summed E-state index contributed by atoms with van der Waals surface area (Å²) in [4.78, 5) is 12.2. The summed E-state index contributed by atoms with van der Waals surface area (Å²) in [6.07, 6.45) is 4.84. The maximum atomic E-state index is 12.2. The molecule has 0 radical (unpaired) electrons. The zero-order valence-corrected chi connectivity index (χ0v) is 9.02. The third-order valence-corrected chi connectivity index (χ3v) is 3.42. The predicted octanol–water partition coefficient (Wildman–Crippen LogP) is 1.23. The molecule has 16 heavy (non-hydrogen) atoms. The summed E-state index contributed by atoms with van der Waals surface area (Å²) in [5, 5.41) is 3.48. The van der Waals surface area contributed by atoms with Crippen molar-refractivity contribution < 1.29 is 13.9 Å². The van der Waals surface area contributed by atoms with Crippen LogP contribution in [0.2, 0.25) is 0 Å². The maximum absolute atomic E-state index is 12.2. The number of fused-ring (bicyclic) bond motifs is 2. The molecule has 4 heteroatoms. The Hall–Kier alpha value is -1.13. The van der Waals surface area contributed by atoms with Crippen molar-refractivity contribution in [2.75, 3.05) is 13.2 Å². The Morgan fingerprint density at radius 2 is 2.06 bits per heavy atom. The van der Waals surface area contributed by atoms with Crippen molar-refractivity contribution in [2.45, 2.75) is 24.9 Å². The average Bonchev–Trinajstić information content (AvgIpc) is 2.81. The third-order valence-electron chi connectivity index (χ3n) is 3.42. The van der Waals surface area contributed by atoms with Gasteiger partial charge in [0.2, 0.25) is 0 Å². The Labute approximate surface area is 94.0 Å². The first kappa shape index (κ1) is 10.1. The van der Waals surface area contributed by atoms with Gasteiger partial charge in [0.25, 0.3) is 0 Å². The van der Waals surface area contributed by atoms with Crippen LogP contribution in [0.15, 0.2) is 23.0 Å². The molecular weight excluding hydrogens is 206 g/mol. The van der Waals surface area contributed by atoms with E-state index in [0.29, 0.717) is 17.6 Å². The lowest BCUT2D eigenvalue weighted by Gasteiger charge is -2.39. The third kappa shape index (κ3) is 1.79. The summed E-state index contributed by atoms with van der Waals surface area (Å²) in [5.41, 5.74) is 0.700. The highest BCUT2D eigenvalue weighted by molar-refractivity contribution is 5.97. The molecule has 1 aromatic rings. The summed E-state index contributed by atoms with van der Waals surface area (Å²) in [6.45, 7) is 1.46. The topological polar surface area (TPSA) is 51.5 Å². The van der Waals surface area contributed by atoms with Gasteiger partial charge in [-0.3, -0.25) is 4.79 Å². The molecule has 0 aromatic carbocycles. The van der Waals surface area contributed by atoms with Crippen molar-refractivity contribution in [3.8, 4) is 0 Å². The van der Waals surface area contributed by atoms with E-state index in [0.717, 1.165) is 26.1 Å². The van der Waals surface area contributed by atoms with Crippen LogP contribution in [0.1, 0.15) is 23.2 Å². The number of ether oxygens (including phenoxy) is 1. The molecule has 0 saturated carbocycles. The van der Waals surface area contributed by atoms with Crippen LogP contribution in [-0.2, 0) is 4.74 Å². The molecule has 2 unspecified atom stereocenters. The number of furan rings is 1. The lowest BCUT2D eigenvalue weighted by Crippen LogP contribution is -2.55. The van der Waals surface area contributed by atoms with Crippen LogP contribution in [0, 0.1) is 5.92 Å². The van der Waals surface area contributed by atoms with Gasteiger partial charge < -0.3 is 14.5 Å². The highest BCUT2D eigenvalue weighted by atomic mass is 16.5. The van der Waals surface area contributed by atoms with Crippen LogP contribution < -0.4 is 5.32 Å². The fourth-order valence-corrected chi connectivity index (χ4v) is 2.69. The van der Waals surface area contributed by atoms with Crippen molar-refractivity contribution in [3.05, 3.63) is 24.2 Å². The normalized spacial score (nSPS) is 33.6. The number of piperidine rings is 1. The van der Waals surface area contributed by atoms with Crippen molar-refractivity contribution in [1.82, 2.24) is 5.32 Å². The molecule has 4 nitrogen and oxygen atoms in total. The molecule has 3 rings (SSSR count). The molecule has 2 aliphatic rings. The summed E-state index contributed by atoms with van der Waals surface area (Å²) < 4.78 is 10.4. The zero-order valence-electron chi connectivity index (χ0n) is 9.02. The minimum absolute atomic E-state index is 0.123. The van der Waals surface area contributed by atoms with E-state index in [1.807, 2.05) is 0 Å². The number of carbonyl (C=O) groups excluding carboxylic acids is 1. The van der Waals surface area contributed by atoms with Crippen LogP contribution >= 0.6 is 0 Å². The minimum atomic E-state index is 0.123. The molecule has 2 aliphatic heterocycles. The van der Waals surface area contributed by atoms with E-state index in [9.17, 15) is 4.79 Å². The minimum Gasteiger partial charge on any atom is -0.472 e. The molecule has 2 atom stereocenters. The second-order valence-corrected chi connectivity index (χ2v) is 4.64. The molecule has 86 valence electrons. The zero-order chi connectivity index (χ0) is 11.0. The summed E-state index contributed by atoms with van der Waals surface area (Å²) in [5.74, 6) is 0.338. The number of hydrogen-bond donors (Lipinski definition) is 1. The smallest absolute Gasteiger partial charge is 0.169 e. The van der Waals surface area contributed by atoms with Gasteiger partial charge in [0.1, 0.15) is 6.26 Å². The van der Waals surface area contributed by atoms with Gasteiger partial charge >= 0.3 is 0 Å². The van der Waals surface area contributed by atoms with E-state index in [2.05, 4.69) is 5.32 Å². The Morgan fingerprint density at radius 1 is 1.31 bits per heavy atom. The van der Waals surface area contributed by atoms with Gasteiger partial charge in [0.05, 0.1) is 25.0 Å². The Balaban J connectivity index is 1.73. The first-order valence-corrected chi connectivity index (χ1v) is 5.73. The number of ketones is 1. The molecule has 1 N–H and O–H groups in total. The maximum Gasteiger partial charge on any atom is 0.169 e. The van der Waals surface area contributed by atoms with Gasteiger partial charge in [-0.15, -0.1) is 0 Å². The first-order chi connectivity index (χ1) is 7.83. The van der Waals surface area contributed by atoms with Gasteiger partial charge in [-0.05, 0) is 18.9 Å². The van der Waals surface area contributed by atoms with Crippen LogP contribution in [0.5, 0.6) is 0 Å². The van der Waals surface area contributed by atoms with Crippen LogP contribution in [0.25, 0.3) is 0 Å². The Bertz CT molecular complexity index is 362. The molecule has 2 saturated heterocycles. The number of rotatable bonds is 2. The summed E-state index contributed by atoms with van der Waals surface area (Å²) in [6, 6.07) is 2.43. The van der Waals surface area contributed by atoms with E-state index in [4.69, 9.17) is 9.15 Å². The van der Waals surface area contributed by atoms with E-state index >= 15 is 0 Å². The van der Waals surface area contributed by atoms with Gasteiger partial charge in [-0.1, -0.05) is 0 Å². The SMILES string of the molecule is O=C(c1ccoc1)C1CC2COCC(C1)N2. The quantitative estimate of drug-likeness (QED) is 0.763. The van der Waals surface area contributed by atoms with E-state index < -0.39 is 0 Å². The summed E-state index contributed by atoms with van der Waals surface area (Å²) >= 11 is 0. The molecule has 2 fully saturated rings. The van der Waals surface area contributed by atoms with Crippen molar-refractivity contribution in [1.29, 1.82) is 0 Å². The second-order valence-electron chi connectivity index (χ2n) is 4.64. The van der Waals surface area contributed by atoms with Gasteiger partial charge in [0.15, 0.2) is 5.78 Å². The van der Waals surface area contributed by atoms with Crippen molar-refractivity contribution in [2.24, 2.45) is 5.92 Å². The lowest BCUT2D eigenvalue weighted by atomic mass is 9.82. The fraction of sp³-hybridized carbons (Fsp3) is 0.583. The molecule has 0 aliphatic carbocycles. The fourth-order valence-electron chi connectivity index (χ4n) is 2.69. The van der Waals surface area contributed by atoms with Crippen molar-refractivity contribution in [3.63, 3.8) is 0 Å². The van der Waals surface area contributed by atoms with Crippen LogP contribution in [0.3, 0.4) is 0 Å². The second kappa shape index (κ2) is 4.03. The van der Waals surface area contributed by atoms with Crippen LogP contribution in [0.4, 0.5) is 0 Å². The molecular formula is C12H15NO3. The number of nitrogens with one attached hydrogen (secondary N) is 1. The Kier molecular flexibility index (Phi) is 2.53. The largest absolute Gasteiger partial charge is 0.472 e. The number of morpholine rings is 1. The highest BCUT2D eigenvalue weighted by Gasteiger charge is 2.35. The van der Waals surface area contributed by atoms with Crippen molar-refractivity contribution >= 4 is 5.78 Å². The number of Topliss-reactive ketones (excluding diaryl/α,β-unsaturated/α-hetero) is 1. The van der Waals surface area contributed by atoms with Gasteiger partial charge in [-0.2, -0.15) is 0 Å². The van der Waals surface area contributed by atoms with Gasteiger partial charge in [0, 0.05) is 18.0 Å². The first-order valence-electron chi connectivity index (χ1n) is 5.73. The van der Waals surface area contributed by atoms with E-state index in [-0.39, 0.29) is 11.7 Å². The standard InChI is InChI=1S/C12H15NO3/c14-12(8-1-2-15-5-8)9-3-10-6-16-7-11(4-9)13-10/h1-2,5,9-11,13H,3-4,6-7H2. The predicted molar refractivity (Wildman–Crippen MR) is 57.3 cm³/mol. The number of carbonyl (C=O) groups is 1. The van der Waals surface area contributed by atoms with Crippen LogP contribution in [-0.4, -0.2) is 31.1 Å². The molecule has 0 amide bonds. The highest BCUT2D eigenvalue weighted by Crippen LogP contribution is 2.27. The molecule has 3 heterocycles. The Morgan fingerprint density at radius 3 is 2.69 bits per heavy atom. The van der Waals surface area contributed by atoms with Gasteiger partial charge in [-0.25, -0.2) is 0 Å². The van der Waals surface area contributed by atoms with E-state index in [1.165, 1.54) is 6.26 Å². The summed E-state index contributed by atoms with van der Waals surface area (Å²) in [7, 11) is 0. The molecule has 1 aromatic heterocycles. The number of hydrogen-bond acceptors (Lipinski definition) is 4. The lowest BCUT2D eigenvalue weighted by molar-refractivity contribution is 0.00952. The molecule has 2 bridgehead atoms. The monoisotopic (exact) mass is 221 g/mol. The van der Waals surface area contributed by atoms with E-state index in [1.54, 1.807) is 12.3 Å². The average molecular weight is 221 g/mol. The molecule has 0 spiro atoms.